The molecule has 1 nitrogen and oxygen atoms in total. The lowest BCUT2D eigenvalue weighted by atomic mass is 9.83. The van der Waals surface area contributed by atoms with Gasteiger partial charge in [-0.05, 0) is 12.8 Å². The number of ether oxygens (including phenoxy) is 1. The summed E-state index contributed by atoms with van der Waals surface area (Å²) in [5.74, 6) is 0. The third-order valence-corrected chi connectivity index (χ3v) is 2.61. The quantitative estimate of drug-likeness (QED) is 0.462. The van der Waals surface area contributed by atoms with Gasteiger partial charge in [0.1, 0.15) is 0 Å². The maximum atomic E-state index is 5.36. The van der Waals surface area contributed by atoms with Gasteiger partial charge < -0.3 is 4.74 Å². The third kappa shape index (κ3) is 0.408. The fraction of sp³-hybridized carbons (Fsp3) is 1.00. The van der Waals surface area contributed by atoms with Gasteiger partial charge in [-0.25, -0.2) is 0 Å². The molecule has 0 spiro atoms. The molecule has 8 heavy (non-hydrogen) atoms. The van der Waals surface area contributed by atoms with Crippen LogP contribution in [-0.4, -0.2) is 12.7 Å². The first kappa shape index (κ1) is 4.80. The van der Waals surface area contributed by atoms with E-state index >= 15 is 0 Å². The first-order valence-corrected chi connectivity index (χ1v) is 3.43. The second kappa shape index (κ2) is 1.27. The van der Waals surface area contributed by atoms with Gasteiger partial charge in [-0.15, -0.1) is 0 Å². The third-order valence-electron chi connectivity index (χ3n) is 2.61. The highest BCUT2D eigenvalue weighted by Crippen LogP contribution is 2.47. The van der Waals surface area contributed by atoms with Crippen LogP contribution in [0, 0.1) is 5.41 Å². The molecule has 2 fully saturated rings. The van der Waals surface area contributed by atoms with E-state index in [1.54, 1.807) is 0 Å². The molecule has 1 aliphatic carbocycles. The minimum Gasteiger partial charge on any atom is -0.377 e. The Morgan fingerprint density at radius 1 is 1.62 bits per heavy atom. The Hall–Kier alpha value is -0.0400. The summed E-state index contributed by atoms with van der Waals surface area (Å²) in [5.41, 5.74) is 0.611. The Bertz CT molecular complexity index is 111. The molecule has 0 aromatic rings. The van der Waals surface area contributed by atoms with Gasteiger partial charge in [-0.1, -0.05) is 13.3 Å². The normalized spacial score (nSPS) is 52.9. The summed E-state index contributed by atoms with van der Waals surface area (Å²) in [7, 11) is 0. The van der Waals surface area contributed by atoms with E-state index in [0.717, 1.165) is 6.61 Å². The highest BCUT2D eigenvalue weighted by atomic mass is 16.5. The number of hydrogen-bond acceptors (Lipinski definition) is 1. The van der Waals surface area contributed by atoms with Gasteiger partial charge in [0.2, 0.25) is 0 Å². The smallest absolute Gasteiger partial charge is 0.0651 e. The largest absolute Gasteiger partial charge is 0.377 e. The van der Waals surface area contributed by atoms with Gasteiger partial charge in [-0.2, -0.15) is 0 Å². The van der Waals surface area contributed by atoms with Crippen molar-refractivity contribution >= 4 is 0 Å². The molecule has 1 heteroatoms. The second-order valence-electron chi connectivity index (χ2n) is 3.35. The van der Waals surface area contributed by atoms with Crippen LogP contribution in [0.25, 0.3) is 0 Å². The van der Waals surface area contributed by atoms with Crippen LogP contribution in [0.5, 0.6) is 0 Å². The van der Waals surface area contributed by atoms with Crippen LogP contribution >= 0.6 is 0 Å². The van der Waals surface area contributed by atoms with E-state index < -0.39 is 0 Å². The maximum absolute atomic E-state index is 5.36. The van der Waals surface area contributed by atoms with E-state index in [9.17, 15) is 0 Å². The summed E-state index contributed by atoms with van der Waals surface area (Å²) in [6, 6.07) is 0. The second-order valence-corrected chi connectivity index (χ2v) is 3.35. The zero-order valence-electron chi connectivity index (χ0n) is 5.31. The summed E-state index contributed by atoms with van der Waals surface area (Å²) in [4.78, 5) is 0. The molecule has 1 saturated carbocycles. The molecule has 0 aromatic heterocycles. The molecular formula is C7H12O. The van der Waals surface area contributed by atoms with Crippen LogP contribution in [0.15, 0.2) is 0 Å². The van der Waals surface area contributed by atoms with Gasteiger partial charge in [0, 0.05) is 5.41 Å². The van der Waals surface area contributed by atoms with Crippen LogP contribution in [0.2, 0.25) is 0 Å². The molecule has 2 aliphatic rings. The lowest BCUT2D eigenvalue weighted by molar-refractivity contribution is -0.156. The van der Waals surface area contributed by atoms with E-state index in [1.807, 2.05) is 0 Å². The Balaban J connectivity index is 2.14. The van der Waals surface area contributed by atoms with Gasteiger partial charge in [0.15, 0.2) is 0 Å². The molecule has 0 bridgehead atoms. The predicted molar refractivity (Wildman–Crippen MR) is 31.7 cm³/mol. The van der Waals surface area contributed by atoms with E-state index in [4.69, 9.17) is 4.74 Å². The molecule has 0 aromatic carbocycles. The van der Waals surface area contributed by atoms with Crippen molar-refractivity contribution < 1.29 is 4.74 Å². The minimum absolute atomic E-state index is 0.611. The molecule has 46 valence electrons. The van der Waals surface area contributed by atoms with Gasteiger partial charge in [-0.3, -0.25) is 0 Å². The summed E-state index contributed by atoms with van der Waals surface area (Å²) in [5, 5.41) is 0. The predicted octanol–water partition coefficient (Wildman–Crippen LogP) is 1.58. The molecule has 0 radical (unpaired) electrons. The van der Waals surface area contributed by atoms with E-state index in [1.165, 1.54) is 19.3 Å². The van der Waals surface area contributed by atoms with Gasteiger partial charge in [0.05, 0.1) is 12.7 Å². The van der Waals surface area contributed by atoms with Crippen molar-refractivity contribution in [2.45, 2.75) is 32.3 Å². The van der Waals surface area contributed by atoms with E-state index in [-0.39, 0.29) is 0 Å². The van der Waals surface area contributed by atoms with Crippen molar-refractivity contribution in [3.63, 3.8) is 0 Å². The monoisotopic (exact) mass is 112 g/mol. The average molecular weight is 112 g/mol. The number of rotatable bonds is 0. The van der Waals surface area contributed by atoms with Crippen LogP contribution in [0.4, 0.5) is 0 Å². The Morgan fingerprint density at radius 2 is 2.50 bits per heavy atom. The first-order chi connectivity index (χ1) is 3.81. The lowest BCUT2D eigenvalue weighted by Crippen LogP contribution is -2.45. The summed E-state index contributed by atoms with van der Waals surface area (Å²) in [6.45, 7) is 3.37. The average Bonchev–Trinajstić information content (AvgIpc) is 1.94. The standard InChI is InChI=1S/C7H12O/c1-7-4-2-3-6(7)8-5-7/h6H,2-5H2,1H3. The van der Waals surface area contributed by atoms with Crippen LogP contribution in [-0.2, 0) is 4.74 Å². The Labute approximate surface area is 50.0 Å². The van der Waals surface area contributed by atoms with Crippen molar-refractivity contribution in [3.05, 3.63) is 0 Å². The van der Waals surface area contributed by atoms with Crippen molar-refractivity contribution in [1.29, 1.82) is 0 Å². The van der Waals surface area contributed by atoms with Crippen molar-refractivity contribution in [3.8, 4) is 0 Å². The number of hydrogen-bond donors (Lipinski definition) is 0. The molecule has 2 rings (SSSR count). The molecule has 0 N–H and O–H groups in total. The highest BCUT2D eigenvalue weighted by Gasteiger charge is 2.47. The molecular weight excluding hydrogens is 100 g/mol. The lowest BCUT2D eigenvalue weighted by Gasteiger charge is -2.41. The molecule has 1 heterocycles. The summed E-state index contributed by atoms with van der Waals surface area (Å²) >= 11 is 0. The minimum atomic E-state index is 0.611. The maximum Gasteiger partial charge on any atom is 0.0651 e. The van der Waals surface area contributed by atoms with Crippen molar-refractivity contribution in [1.82, 2.24) is 0 Å². The zero-order valence-corrected chi connectivity index (χ0v) is 5.31. The first-order valence-electron chi connectivity index (χ1n) is 3.43. The van der Waals surface area contributed by atoms with Crippen LogP contribution in [0.1, 0.15) is 26.2 Å². The van der Waals surface area contributed by atoms with Crippen LogP contribution < -0.4 is 0 Å². The van der Waals surface area contributed by atoms with E-state index in [0.29, 0.717) is 11.5 Å². The summed E-state index contributed by atoms with van der Waals surface area (Å²) in [6.07, 6.45) is 4.75. The Morgan fingerprint density at radius 3 is 2.75 bits per heavy atom. The molecule has 1 saturated heterocycles. The van der Waals surface area contributed by atoms with Gasteiger partial charge in [0.25, 0.3) is 0 Å². The fourth-order valence-corrected chi connectivity index (χ4v) is 1.84. The van der Waals surface area contributed by atoms with Gasteiger partial charge >= 0.3 is 0 Å². The topological polar surface area (TPSA) is 9.23 Å². The van der Waals surface area contributed by atoms with Crippen molar-refractivity contribution in [2.24, 2.45) is 5.41 Å². The molecule has 2 unspecified atom stereocenters. The fourth-order valence-electron chi connectivity index (χ4n) is 1.84. The SMILES string of the molecule is CC12CCCC1OC2. The van der Waals surface area contributed by atoms with E-state index in [2.05, 4.69) is 6.92 Å². The molecule has 2 atom stereocenters. The highest BCUT2D eigenvalue weighted by molar-refractivity contribution is 4.95. The molecule has 1 aliphatic heterocycles. The van der Waals surface area contributed by atoms with Crippen molar-refractivity contribution in [2.75, 3.05) is 6.61 Å². The molecule has 0 amide bonds. The Kier molecular flexibility index (Phi) is 0.762. The zero-order chi connectivity index (χ0) is 5.61. The summed E-state index contributed by atoms with van der Waals surface area (Å²) < 4.78 is 5.36. The number of fused-ring (bicyclic) bond motifs is 1. The van der Waals surface area contributed by atoms with Crippen LogP contribution in [0.3, 0.4) is 0 Å².